The van der Waals surface area contributed by atoms with E-state index in [2.05, 4.69) is 15.5 Å². The molecule has 2 N–H and O–H groups in total. The van der Waals surface area contributed by atoms with Crippen LogP contribution < -0.4 is 15.4 Å². The summed E-state index contributed by atoms with van der Waals surface area (Å²) in [4.78, 5) is 53.8. The largest absolute Gasteiger partial charge is 0.490 e. The van der Waals surface area contributed by atoms with E-state index in [-0.39, 0.29) is 42.5 Å². The molecule has 0 aliphatic carbocycles. The molecule has 48 heavy (non-hydrogen) atoms. The Balaban J connectivity index is 0.964. The van der Waals surface area contributed by atoms with Gasteiger partial charge in [-0.25, -0.2) is 8.42 Å². The first kappa shape index (κ1) is 34.1. The van der Waals surface area contributed by atoms with Crippen LogP contribution in [0.3, 0.4) is 0 Å². The normalized spacial score (nSPS) is 22.3. The number of carbonyl (C=O) groups excluding carboxylic acids is 4. The second kappa shape index (κ2) is 14.0. The fraction of sp³-hybridized carbons (Fsp3) is 0.543. The number of sulfonamides is 1. The van der Waals surface area contributed by atoms with Crippen molar-refractivity contribution in [3.05, 3.63) is 59.2 Å². The Morgan fingerprint density at radius 2 is 1.79 bits per heavy atom. The third-order valence-electron chi connectivity index (χ3n) is 9.99. The highest BCUT2D eigenvalue weighted by Gasteiger charge is 2.41. The van der Waals surface area contributed by atoms with E-state index in [1.165, 1.54) is 4.90 Å². The highest BCUT2D eigenvalue weighted by Crippen LogP contribution is 2.35. The summed E-state index contributed by atoms with van der Waals surface area (Å²) in [6, 6.07) is 11.8. The lowest BCUT2D eigenvalue weighted by atomic mass is 9.93. The summed E-state index contributed by atoms with van der Waals surface area (Å²) in [5.74, 6) is -0.566. The topological polar surface area (TPSA) is 145 Å². The van der Waals surface area contributed by atoms with Crippen LogP contribution in [0.4, 0.5) is 5.69 Å². The van der Waals surface area contributed by atoms with Gasteiger partial charge in [0, 0.05) is 61.4 Å². The van der Waals surface area contributed by atoms with Gasteiger partial charge in [0.05, 0.1) is 12.3 Å². The Bertz CT molecular complexity index is 1690. The third-order valence-corrected chi connectivity index (χ3v) is 12.0. The first-order valence-corrected chi connectivity index (χ1v) is 18.6. The van der Waals surface area contributed by atoms with Crippen molar-refractivity contribution in [3.8, 4) is 5.75 Å². The van der Waals surface area contributed by atoms with Gasteiger partial charge in [-0.3, -0.25) is 24.5 Å². The molecule has 0 radical (unpaired) electrons. The van der Waals surface area contributed by atoms with Crippen molar-refractivity contribution in [2.45, 2.75) is 95.2 Å². The molecule has 1 atom stereocenters. The maximum atomic E-state index is 13.2. The average molecular weight is 680 g/mol. The van der Waals surface area contributed by atoms with Crippen molar-refractivity contribution >= 4 is 39.3 Å². The van der Waals surface area contributed by atoms with E-state index < -0.39 is 27.5 Å². The van der Waals surface area contributed by atoms with E-state index in [0.29, 0.717) is 48.5 Å². The number of imide groups is 1. The zero-order valence-electron chi connectivity index (χ0n) is 27.7. The van der Waals surface area contributed by atoms with Gasteiger partial charge in [0.15, 0.2) is 0 Å². The molecule has 13 heteroatoms. The maximum Gasteiger partial charge on any atom is 0.255 e. The first-order valence-electron chi connectivity index (χ1n) is 16.9. The lowest BCUT2D eigenvalue weighted by Gasteiger charge is -2.41. The number of carbonyl (C=O) groups is 4. The van der Waals surface area contributed by atoms with Crippen molar-refractivity contribution in [2.75, 3.05) is 31.5 Å². The SMILES string of the molecule is CC1(C)CCCCN1S(=O)(=O)Cc1cccc(NC(=O)CCN2CCC(Oc3cccc4c3CN(C3CCC(=O)NC3=O)C4=O)CC2)c1. The molecule has 4 aliphatic rings. The van der Waals surface area contributed by atoms with Gasteiger partial charge < -0.3 is 19.9 Å². The third kappa shape index (κ3) is 7.58. The molecule has 0 saturated carbocycles. The van der Waals surface area contributed by atoms with Gasteiger partial charge in [0.25, 0.3) is 5.91 Å². The molecule has 0 spiro atoms. The zero-order chi connectivity index (χ0) is 34.1. The highest BCUT2D eigenvalue weighted by atomic mass is 32.2. The Kier molecular flexibility index (Phi) is 9.91. The summed E-state index contributed by atoms with van der Waals surface area (Å²) in [7, 11) is -3.49. The number of hydrogen-bond donors (Lipinski definition) is 2. The second-order valence-electron chi connectivity index (χ2n) is 13.9. The molecule has 258 valence electrons. The number of ether oxygens (including phenoxy) is 1. The van der Waals surface area contributed by atoms with Gasteiger partial charge in [0.1, 0.15) is 17.9 Å². The van der Waals surface area contributed by atoms with Gasteiger partial charge >= 0.3 is 0 Å². The summed E-state index contributed by atoms with van der Waals surface area (Å²) in [6.07, 6.45) is 5.05. The van der Waals surface area contributed by atoms with E-state index in [4.69, 9.17) is 4.74 Å². The van der Waals surface area contributed by atoms with E-state index >= 15 is 0 Å². The van der Waals surface area contributed by atoms with Crippen LogP contribution in [-0.2, 0) is 36.7 Å². The minimum absolute atomic E-state index is 0.0455. The predicted octanol–water partition coefficient (Wildman–Crippen LogP) is 3.41. The fourth-order valence-corrected chi connectivity index (χ4v) is 9.37. The van der Waals surface area contributed by atoms with Crippen LogP contribution >= 0.6 is 0 Å². The van der Waals surface area contributed by atoms with Crippen molar-refractivity contribution in [1.82, 2.24) is 19.4 Å². The molecular formula is C35H45N5O7S. The van der Waals surface area contributed by atoms with Crippen molar-refractivity contribution in [3.63, 3.8) is 0 Å². The quantitative estimate of drug-likeness (QED) is 0.364. The van der Waals surface area contributed by atoms with Gasteiger partial charge in [-0.05, 0) is 75.8 Å². The van der Waals surface area contributed by atoms with Crippen LogP contribution in [0.2, 0.25) is 0 Å². The smallest absolute Gasteiger partial charge is 0.255 e. The molecule has 3 fully saturated rings. The number of nitrogens with zero attached hydrogens (tertiary/aromatic N) is 3. The Morgan fingerprint density at radius 1 is 1.02 bits per heavy atom. The fourth-order valence-electron chi connectivity index (χ4n) is 7.36. The van der Waals surface area contributed by atoms with E-state index in [0.717, 1.165) is 50.8 Å². The summed E-state index contributed by atoms with van der Waals surface area (Å²) in [5.41, 5.74) is 2.13. The molecule has 0 aromatic heterocycles. The van der Waals surface area contributed by atoms with Crippen LogP contribution in [0.15, 0.2) is 42.5 Å². The maximum absolute atomic E-state index is 13.2. The molecule has 3 saturated heterocycles. The minimum Gasteiger partial charge on any atom is -0.490 e. The highest BCUT2D eigenvalue weighted by molar-refractivity contribution is 7.88. The number of amides is 4. The van der Waals surface area contributed by atoms with Crippen molar-refractivity contribution < 1.29 is 32.3 Å². The number of benzene rings is 2. The monoisotopic (exact) mass is 679 g/mol. The Morgan fingerprint density at radius 3 is 2.54 bits per heavy atom. The van der Waals surface area contributed by atoms with Gasteiger partial charge in [-0.15, -0.1) is 0 Å². The van der Waals surface area contributed by atoms with Crippen LogP contribution in [0.25, 0.3) is 0 Å². The molecule has 4 heterocycles. The summed E-state index contributed by atoms with van der Waals surface area (Å²) in [5, 5.41) is 5.27. The van der Waals surface area contributed by atoms with Gasteiger partial charge in [0.2, 0.25) is 27.7 Å². The number of rotatable bonds is 10. The number of piperidine rings is 3. The van der Waals surface area contributed by atoms with Crippen LogP contribution in [-0.4, -0.2) is 90.0 Å². The Hall–Kier alpha value is -3.81. The van der Waals surface area contributed by atoms with Crippen molar-refractivity contribution in [1.29, 1.82) is 0 Å². The van der Waals surface area contributed by atoms with E-state index in [9.17, 15) is 27.6 Å². The number of fused-ring (bicyclic) bond motifs is 1. The number of likely N-dealkylation sites (tertiary alicyclic amines) is 1. The molecule has 12 nitrogen and oxygen atoms in total. The summed E-state index contributed by atoms with van der Waals surface area (Å²) in [6.45, 7) is 6.87. The molecule has 2 aromatic carbocycles. The minimum atomic E-state index is -3.49. The predicted molar refractivity (Wildman–Crippen MR) is 180 cm³/mol. The molecule has 0 bridgehead atoms. The number of hydrogen-bond acceptors (Lipinski definition) is 8. The summed E-state index contributed by atoms with van der Waals surface area (Å²) >= 11 is 0. The first-order chi connectivity index (χ1) is 22.9. The number of nitrogens with one attached hydrogen (secondary N) is 2. The molecule has 4 amide bonds. The zero-order valence-corrected chi connectivity index (χ0v) is 28.5. The van der Waals surface area contributed by atoms with Gasteiger partial charge in [-0.2, -0.15) is 4.31 Å². The standard InChI is InChI=1S/C35H45N5O7S/c1-35(2)16-3-4-17-40(35)48(45,46)23-24-7-5-8-25(21-24)36-32(42)15-20-38-18-13-26(14-19-38)47-30-10-6-9-27-28(30)22-39(34(27)44)29-11-12-31(41)37-33(29)43/h5-10,21,26,29H,3-4,11-20,22-23H2,1-2H3,(H,36,42)(H,37,41,43). The lowest BCUT2D eigenvalue weighted by molar-refractivity contribution is -0.137. The Labute approximate surface area is 282 Å². The summed E-state index contributed by atoms with van der Waals surface area (Å²) < 4.78 is 34.5. The lowest BCUT2D eigenvalue weighted by Crippen LogP contribution is -2.52. The van der Waals surface area contributed by atoms with E-state index in [1.807, 2.05) is 19.9 Å². The van der Waals surface area contributed by atoms with Gasteiger partial charge in [-0.1, -0.05) is 24.6 Å². The molecule has 6 rings (SSSR count). The molecule has 1 unspecified atom stereocenters. The van der Waals surface area contributed by atoms with E-state index in [1.54, 1.807) is 40.7 Å². The molecule has 2 aromatic rings. The number of anilines is 1. The van der Waals surface area contributed by atoms with Crippen LogP contribution in [0.5, 0.6) is 5.75 Å². The molecular weight excluding hydrogens is 634 g/mol. The average Bonchev–Trinajstić information content (AvgIpc) is 3.37. The van der Waals surface area contributed by atoms with Crippen LogP contribution in [0, 0.1) is 0 Å². The molecule has 4 aliphatic heterocycles. The van der Waals surface area contributed by atoms with Crippen molar-refractivity contribution in [2.24, 2.45) is 0 Å². The second-order valence-corrected chi connectivity index (χ2v) is 15.8. The van der Waals surface area contributed by atoms with Crippen LogP contribution in [0.1, 0.15) is 86.7 Å².